The van der Waals surface area contributed by atoms with E-state index >= 15 is 0 Å². The van der Waals surface area contributed by atoms with Crippen LogP contribution >= 0.6 is 0 Å². The molecule has 1 aromatic rings. The van der Waals surface area contributed by atoms with E-state index in [9.17, 15) is 9.59 Å². The Kier molecular flexibility index (Phi) is 4.76. The number of benzene rings is 1. The van der Waals surface area contributed by atoms with Gasteiger partial charge in [-0.15, -0.1) is 0 Å². The second-order valence-electron chi connectivity index (χ2n) is 6.65. The number of hydrogen-bond donors (Lipinski definition) is 1. The minimum Gasteiger partial charge on any atom is -0.395 e. The quantitative estimate of drug-likeness (QED) is 0.892. The van der Waals surface area contributed by atoms with Crippen LogP contribution in [0.25, 0.3) is 0 Å². The van der Waals surface area contributed by atoms with Gasteiger partial charge in [0, 0.05) is 44.0 Å². The molecule has 1 N–H and O–H groups in total. The molecule has 2 atom stereocenters. The summed E-state index contributed by atoms with van der Waals surface area (Å²) in [7, 11) is 1.90. The van der Waals surface area contributed by atoms with Crippen LogP contribution in [-0.4, -0.2) is 72.1 Å². The summed E-state index contributed by atoms with van der Waals surface area (Å²) in [6, 6.07) is 7.12. The van der Waals surface area contributed by atoms with Gasteiger partial charge in [-0.2, -0.15) is 0 Å². The van der Waals surface area contributed by atoms with Crippen molar-refractivity contribution in [1.29, 1.82) is 0 Å². The van der Waals surface area contributed by atoms with Gasteiger partial charge in [0.2, 0.25) is 5.91 Å². The molecule has 2 aliphatic heterocycles. The van der Waals surface area contributed by atoms with Crippen molar-refractivity contribution in [1.82, 2.24) is 9.80 Å². The van der Waals surface area contributed by atoms with Gasteiger partial charge in [0.15, 0.2) is 0 Å². The second kappa shape index (κ2) is 6.81. The Bertz CT molecular complexity index is 616. The van der Waals surface area contributed by atoms with Crippen LogP contribution in [0.1, 0.15) is 30.1 Å². The van der Waals surface area contributed by atoms with Crippen LogP contribution in [-0.2, 0) is 4.79 Å². The third-order valence-electron chi connectivity index (χ3n) is 5.14. The molecule has 0 unspecified atom stereocenters. The van der Waals surface area contributed by atoms with E-state index in [4.69, 9.17) is 5.11 Å². The van der Waals surface area contributed by atoms with Crippen LogP contribution in [0, 0.1) is 0 Å². The molecule has 6 heteroatoms. The van der Waals surface area contributed by atoms with Crippen molar-refractivity contribution in [2.24, 2.45) is 0 Å². The maximum atomic E-state index is 12.9. The number of likely N-dealkylation sites (N-methyl/N-ethyl adjacent to an activating group) is 1. The van der Waals surface area contributed by atoms with Crippen LogP contribution in [0.2, 0.25) is 0 Å². The first-order valence-electron chi connectivity index (χ1n) is 8.56. The number of amides is 2. The molecule has 0 bridgehead atoms. The van der Waals surface area contributed by atoms with Gasteiger partial charge in [-0.3, -0.25) is 9.59 Å². The van der Waals surface area contributed by atoms with E-state index < -0.39 is 6.04 Å². The first-order chi connectivity index (χ1) is 11.5. The van der Waals surface area contributed by atoms with Gasteiger partial charge in [0.05, 0.1) is 6.61 Å². The highest BCUT2D eigenvalue weighted by Gasteiger charge is 2.42. The highest BCUT2D eigenvalue weighted by Crippen LogP contribution is 2.27. The van der Waals surface area contributed by atoms with Gasteiger partial charge in [0.25, 0.3) is 5.91 Å². The Morgan fingerprint density at radius 1 is 1.33 bits per heavy atom. The normalized spacial score (nSPS) is 23.4. The van der Waals surface area contributed by atoms with Crippen molar-refractivity contribution in [2.75, 3.05) is 38.2 Å². The lowest BCUT2D eigenvalue weighted by Gasteiger charge is -2.41. The highest BCUT2D eigenvalue weighted by molar-refractivity contribution is 5.98. The van der Waals surface area contributed by atoms with E-state index in [0.29, 0.717) is 18.7 Å². The topological polar surface area (TPSA) is 64.1 Å². The minimum absolute atomic E-state index is 0.0661. The van der Waals surface area contributed by atoms with Gasteiger partial charge in [-0.05, 0) is 44.0 Å². The van der Waals surface area contributed by atoms with Crippen molar-refractivity contribution in [3.8, 4) is 0 Å². The van der Waals surface area contributed by atoms with Gasteiger partial charge in [-0.25, -0.2) is 0 Å². The predicted molar refractivity (Wildman–Crippen MR) is 92.0 cm³/mol. The molecule has 0 aromatic heterocycles. The fourth-order valence-electron chi connectivity index (χ4n) is 3.64. The summed E-state index contributed by atoms with van der Waals surface area (Å²) in [5.41, 5.74) is 1.55. The maximum absolute atomic E-state index is 12.9. The van der Waals surface area contributed by atoms with Crippen LogP contribution < -0.4 is 4.90 Å². The third-order valence-corrected chi connectivity index (χ3v) is 5.14. The third kappa shape index (κ3) is 2.98. The molecule has 3 rings (SSSR count). The van der Waals surface area contributed by atoms with E-state index in [2.05, 4.69) is 0 Å². The summed E-state index contributed by atoms with van der Waals surface area (Å²) in [5.74, 6) is -0.0184. The molecule has 130 valence electrons. The first-order valence-corrected chi connectivity index (χ1v) is 8.56. The summed E-state index contributed by atoms with van der Waals surface area (Å²) in [5, 5.41) is 9.00. The van der Waals surface area contributed by atoms with Crippen LogP contribution in [0.15, 0.2) is 24.3 Å². The molecular weight excluding hydrogens is 306 g/mol. The average molecular weight is 331 g/mol. The Morgan fingerprint density at radius 2 is 2.04 bits per heavy atom. The number of rotatable bonds is 4. The van der Waals surface area contributed by atoms with Gasteiger partial charge in [0.1, 0.15) is 6.04 Å². The fraction of sp³-hybridized carbons (Fsp3) is 0.556. The number of nitrogens with zero attached hydrogens (tertiary/aromatic N) is 3. The number of piperazine rings is 1. The molecule has 6 nitrogen and oxygen atoms in total. The molecule has 2 amide bonds. The molecule has 0 spiro atoms. The number of hydrogen-bond acceptors (Lipinski definition) is 4. The zero-order valence-corrected chi connectivity index (χ0v) is 14.3. The zero-order chi connectivity index (χ0) is 17.3. The lowest BCUT2D eigenvalue weighted by atomic mass is 10.0. The summed E-state index contributed by atoms with van der Waals surface area (Å²) in [6.07, 6.45) is 2.00. The summed E-state index contributed by atoms with van der Waals surface area (Å²) < 4.78 is 0. The number of aliphatic hydroxyl groups is 1. The van der Waals surface area contributed by atoms with Gasteiger partial charge < -0.3 is 19.8 Å². The maximum Gasteiger partial charge on any atom is 0.254 e. The van der Waals surface area contributed by atoms with Crippen LogP contribution in [0.3, 0.4) is 0 Å². The Hall–Kier alpha value is -2.08. The van der Waals surface area contributed by atoms with E-state index in [1.54, 1.807) is 17.0 Å². The minimum atomic E-state index is -0.399. The van der Waals surface area contributed by atoms with Crippen LogP contribution in [0.4, 0.5) is 5.69 Å². The molecule has 2 fully saturated rings. The molecule has 0 saturated carbocycles. The molecule has 24 heavy (non-hydrogen) atoms. The first kappa shape index (κ1) is 16.8. The van der Waals surface area contributed by atoms with Gasteiger partial charge in [-0.1, -0.05) is 0 Å². The number of carbonyl (C=O) groups is 2. The number of carbonyl (C=O) groups excluding carboxylic acids is 2. The van der Waals surface area contributed by atoms with Crippen LogP contribution in [0.5, 0.6) is 0 Å². The SMILES string of the molecule is C[C@@H]1C(=O)N2CCC[C@H]2CN1C(=O)c1ccc(N(C)CCO)cc1. The van der Waals surface area contributed by atoms with E-state index in [1.807, 2.05) is 35.9 Å². The smallest absolute Gasteiger partial charge is 0.254 e. The molecule has 2 saturated heterocycles. The monoisotopic (exact) mass is 331 g/mol. The van der Waals surface area contributed by atoms with E-state index in [0.717, 1.165) is 25.1 Å². The largest absolute Gasteiger partial charge is 0.395 e. The standard InChI is InChI=1S/C18H25N3O3/c1-13-17(23)20-9-3-4-16(20)12-21(13)18(24)14-5-7-15(8-6-14)19(2)10-11-22/h5-8,13,16,22H,3-4,9-12H2,1-2H3/t13-,16+/m1/s1. The molecule has 2 aliphatic rings. The Balaban J connectivity index is 1.75. The van der Waals surface area contributed by atoms with E-state index in [-0.39, 0.29) is 24.5 Å². The Labute approximate surface area is 142 Å². The Morgan fingerprint density at radius 3 is 2.71 bits per heavy atom. The lowest BCUT2D eigenvalue weighted by Crippen LogP contribution is -2.60. The van der Waals surface area contributed by atoms with Crippen molar-refractivity contribution in [3.05, 3.63) is 29.8 Å². The average Bonchev–Trinajstić information content (AvgIpc) is 3.06. The summed E-state index contributed by atoms with van der Waals surface area (Å²) in [6.45, 7) is 3.89. The predicted octanol–water partition coefficient (Wildman–Crippen LogP) is 0.950. The molecule has 1 aromatic carbocycles. The zero-order valence-electron chi connectivity index (χ0n) is 14.3. The highest BCUT2D eigenvalue weighted by atomic mass is 16.3. The molecule has 2 heterocycles. The fourth-order valence-corrected chi connectivity index (χ4v) is 3.64. The van der Waals surface area contributed by atoms with Crippen molar-refractivity contribution in [3.63, 3.8) is 0 Å². The number of fused-ring (bicyclic) bond motifs is 1. The van der Waals surface area contributed by atoms with Crippen molar-refractivity contribution >= 4 is 17.5 Å². The molecular formula is C18H25N3O3. The van der Waals surface area contributed by atoms with E-state index in [1.165, 1.54) is 0 Å². The number of aliphatic hydroxyl groups excluding tert-OH is 1. The van der Waals surface area contributed by atoms with Crippen molar-refractivity contribution in [2.45, 2.75) is 31.8 Å². The lowest BCUT2D eigenvalue weighted by molar-refractivity contribution is -0.141. The second-order valence-corrected chi connectivity index (χ2v) is 6.65. The molecule has 0 radical (unpaired) electrons. The summed E-state index contributed by atoms with van der Waals surface area (Å²) >= 11 is 0. The molecule has 0 aliphatic carbocycles. The van der Waals surface area contributed by atoms with Crippen molar-refractivity contribution < 1.29 is 14.7 Å². The van der Waals surface area contributed by atoms with Gasteiger partial charge >= 0.3 is 0 Å². The summed E-state index contributed by atoms with van der Waals surface area (Å²) in [4.78, 5) is 30.9. The number of anilines is 1.